The zero-order valence-electron chi connectivity index (χ0n) is 10.7. The van der Waals surface area contributed by atoms with Crippen LogP contribution in [-0.4, -0.2) is 24.5 Å². The number of piperidine rings is 1. The van der Waals surface area contributed by atoms with Crippen LogP contribution in [0.4, 0.5) is 0 Å². The summed E-state index contributed by atoms with van der Waals surface area (Å²) in [5, 5.41) is 6.51. The van der Waals surface area contributed by atoms with Crippen LogP contribution in [0.1, 0.15) is 51.9 Å². The van der Waals surface area contributed by atoms with E-state index >= 15 is 0 Å². The van der Waals surface area contributed by atoms with E-state index in [1.807, 2.05) is 0 Å². The zero-order chi connectivity index (χ0) is 11.4. The van der Waals surface area contributed by atoms with Gasteiger partial charge in [0.15, 0.2) is 0 Å². The van der Waals surface area contributed by atoms with Crippen molar-refractivity contribution in [1.29, 1.82) is 0 Å². The molecule has 0 radical (unpaired) electrons. The van der Waals surface area contributed by atoms with Crippen LogP contribution in [0.15, 0.2) is 0 Å². The van der Waals surface area contributed by atoms with Gasteiger partial charge in [-0.1, -0.05) is 13.3 Å². The Hall–Kier alpha value is -0.280. The minimum absolute atomic E-state index is 0. The van der Waals surface area contributed by atoms with E-state index in [1.54, 1.807) is 0 Å². The molecule has 0 spiro atoms. The highest BCUT2D eigenvalue weighted by atomic mass is 35.5. The summed E-state index contributed by atoms with van der Waals surface area (Å²) in [7, 11) is 0. The van der Waals surface area contributed by atoms with E-state index in [4.69, 9.17) is 0 Å². The lowest BCUT2D eigenvalue weighted by Gasteiger charge is -2.30. The summed E-state index contributed by atoms with van der Waals surface area (Å²) >= 11 is 0. The molecule has 1 saturated heterocycles. The van der Waals surface area contributed by atoms with Crippen LogP contribution in [0.2, 0.25) is 0 Å². The molecule has 0 aromatic heterocycles. The molecule has 100 valence electrons. The highest BCUT2D eigenvalue weighted by Gasteiger charge is 2.24. The average Bonchev–Trinajstić information content (AvgIpc) is 2.33. The van der Waals surface area contributed by atoms with Crippen molar-refractivity contribution in [1.82, 2.24) is 10.6 Å². The van der Waals surface area contributed by atoms with Gasteiger partial charge in [0.2, 0.25) is 5.91 Å². The summed E-state index contributed by atoms with van der Waals surface area (Å²) < 4.78 is 0. The Balaban J connectivity index is 0.00000144. The smallest absolute Gasteiger partial charge is 0.237 e. The van der Waals surface area contributed by atoms with Crippen LogP contribution in [0.25, 0.3) is 0 Å². The third-order valence-electron chi connectivity index (χ3n) is 3.99. The lowest BCUT2D eigenvalue weighted by atomic mass is 9.87. The molecule has 3 nitrogen and oxygen atoms in total. The van der Waals surface area contributed by atoms with Crippen LogP contribution in [0, 0.1) is 5.92 Å². The van der Waals surface area contributed by atoms with Crippen LogP contribution >= 0.6 is 12.4 Å². The third kappa shape index (κ3) is 4.47. The van der Waals surface area contributed by atoms with Crippen molar-refractivity contribution in [3.8, 4) is 0 Å². The fourth-order valence-electron chi connectivity index (χ4n) is 2.78. The maximum absolute atomic E-state index is 12.0. The largest absolute Gasteiger partial charge is 0.352 e. The number of amides is 1. The Morgan fingerprint density at radius 3 is 2.41 bits per heavy atom. The van der Waals surface area contributed by atoms with E-state index in [-0.39, 0.29) is 24.4 Å². The van der Waals surface area contributed by atoms with Crippen LogP contribution < -0.4 is 10.6 Å². The number of hydrogen-bond donors (Lipinski definition) is 2. The van der Waals surface area contributed by atoms with Crippen molar-refractivity contribution in [2.24, 2.45) is 5.92 Å². The van der Waals surface area contributed by atoms with E-state index in [9.17, 15) is 4.79 Å². The summed E-state index contributed by atoms with van der Waals surface area (Å²) in [5.41, 5.74) is 0. The molecule has 1 aliphatic heterocycles. The molecule has 4 heteroatoms. The molecule has 1 heterocycles. The SMILES string of the molecule is CC1CCC(NC(=O)[C@@H]2CCCCN2)CC1.Cl. The van der Waals surface area contributed by atoms with Gasteiger partial charge < -0.3 is 10.6 Å². The Bertz CT molecular complexity index is 234. The van der Waals surface area contributed by atoms with Crippen molar-refractivity contribution in [2.45, 2.75) is 64.0 Å². The fraction of sp³-hybridized carbons (Fsp3) is 0.923. The second-order valence-electron chi connectivity index (χ2n) is 5.47. The predicted molar refractivity (Wildman–Crippen MR) is 72.5 cm³/mol. The third-order valence-corrected chi connectivity index (χ3v) is 3.99. The highest BCUT2D eigenvalue weighted by Crippen LogP contribution is 2.23. The van der Waals surface area contributed by atoms with Crippen LogP contribution in [-0.2, 0) is 4.79 Å². The van der Waals surface area contributed by atoms with E-state index in [0.717, 1.165) is 18.9 Å². The molecule has 2 aliphatic rings. The van der Waals surface area contributed by atoms with Gasteiger partial charge in [-0.3, -0.25) is 4.79 Å². The van der Waals surface area contributed by atoms with Crippen LogP contribution in [0.5, 0.6) is 0 Å². The van der Waals surface area contributed by atoms with Gasteiger partial charge >= 0.3 is 0 Å². The molecule has 1 aliphatic carbocycles. The topological polar surface area (TPSA) is 41.1 Å². The summed E-state index contributed by atoms with van der Waals surface area (Å²) in [6.45, 7) is 3.31. The number of nitrogens with one attached hydrogen (secondary N) is 2. The molecule has 2 rings (SSSR count). The molecule has 17 heavy (non-hydrogen) atoms. The lowest BCUT2D eigenvalue weighted by molar-refractivity contribution is -0.124. The van der Waals surface area contributed by atoms with Crippen molar-refractivity contribution in [2.75, 3.05) is 6.54 Å². The molecule has 0 aromatic carbocycles. The Morgan fingerprint density at radius 2 is 1.82 bits per heavy atom. The first-order valence-corrected chi connectivity index (χ1v) is 6.79. The molecule has 1 amide bonds. The first-order valence-electron chi connectivity index (χ1n) is 6.79. The minimum atomic E-state index is 0. The number of carbonyl (C=O) groups excluding carboxylic acids is 1. The fourth-order valence-corrected chi connectivity index (χ4v) is 2.78. The molecule has 1 saturated carbocycles. The molecule has 0 bridgehead atoms. The van der Waals surface area contributed by atoms with Gasteiger partial charge in [-0.05, 0) is 51.0 Å². The summed E-state index contributed by atoms with van der Waals surface area (Å²) in [5.74, 6) is 1.08. The second kappa shape index (κ2) is 7.22. The van der Waals surface area contributed by atoms with Crippen molar-refractivity contribution < 1.29 is 4.79 Å². The maximum Gasteiger partial charge on any atom is 0.237 e. The molecule has 1 atom stereocenters. The van der Waals surface area contributed by atoms with Gasteiger partial charge in [-0.15, -0.1) is 12.4 Å². The Kier molecular flexibility index (Phi) is 6.28. The highest BCUT2D eigenvalue weighted by molar-refractivity contribution is 5.85. The quantitative estimate of drug-likeness (QED) is 0.800. The zero-order valence-corrected chi connectivity index (χ0v) is 11.5. The minimum Gasteiger partial charge on any atom is -0.352 e. The standard InChI is InChI=1S/C13H24N2O.ClH/c1-10-5-7-11(8-6-10)15-13(16)12-4-2-3-9-14-12;/h10-12,14H,2-9H2,1H3,(H,15,16);1H/t10?,11?,12-;/m0./s1. The first kappa shape index (κ1) is 14.8. The predicted octanol–water partition coefficient (Wildman–Crippen LogP) is 2.25. The monoisotopic (exact) mass is 260 g/mol. The van der Waals surface area contributed by atoms with Gasteiger partial charge in [0.25, 0.3) is 0 Å². The molecule has 2 N–H and O–H groups in total. The molecule has 0 unspecified atom stereocenters. The van der Waals surface area contributed by atoms with E-state index in [2.05, 4.69) is 17.6 Å². The lowest BCUT2D eigenvalue weighted by Crippen LogP contribution is -2.50. The van der Waals surface area contributed by atoms with Crippen molar-refractivity contribution in [3.63, 3.8) is 0 Å². The van der Waals surface area contributed by atoms with Gasteiger partial charge in [-0.25, -0.2) is 0 Å². The van der Waals surface area contributed by atoms with E-state index in [1.165, 1.54) is 38.5 Å². The number of rotatable bonds is 2. The molecule has 2 fully saturated rings. The van der Waals surface area contributed by atoms with Crippen molar-refractivity contribution >= 4 is 18.3 Å². The van der Waals surface area contributed by atoms with E-state index < -0.39 is 0 Å². The number of halogens is 1. The molecular weight excluding hydrogens is 236 g/mol. The molecule has 0 aromatic rings. The van der Waals surface area contributed by atoms with Gasteiger partial charge in [0, 0.05) is 6.04 Å². The summed E-state index contributed by atoms with van der Waals surface area (Å²) in [6.07, 6.45) is 8.28. The van der Waals surface area contributed by atoms with E-state index in [0.29, 0.717) is 6.04 Å². The molecular formula is C13H25ClN2O. The number of hydrogen-bond acceptors (Lipinski definition) is 2. The van der Waals surface area contributed by atoms with Gasteiger partial charge in [0.1, 0.15) is 0 Å². The maximum atomic E-state index is 12.0. The number of carbonyl (C=O) groups is 1. The Morgan fingerprint density at radius 1 is 1.12 bits per heavy atom. The first-order chi connectivity index (χ1) is 7.75. The Labute approximate surface area is 111 Å². The average molecular weight is 261 g/mol. The summed E-state index contributed by atoms with van der Waals surface area (Å²) in [6, 6.07) is 0.514. The summed E-state index contributed by atoms with van der Waals surface area (Å²) in [4.78, 5) is 12.0. The van der Waals surface area contributed by atoms with Crippen molar-refractivity contribution in [3.05, 3.63) is 0 Å². The van der Waals surface area contributed by atoms with Crippen LogP contribution in [0.3, 0.4) is 0 Å². The normalized spacial score (nSPS) is 33.6. The van der Waals surface area contributed by atoms with Gasteiger partial charge in [-0.2, -0.15) is 0 Å². The van der Waals surface area contributed by atoms with Gasteiger partial charge in [0.05, 0.1) is 6.04 Å². The second-order valence-corrected chi connectivity index (χ2v) is 5.47.